The smallest absolute Gasteiger partial charge is 0.259 e. The second-order valence-electron chi connectivity index (χ2n) is 4.31. The van der Waals surface area contributed by atoms with Crippen molar-refractivity contribution in [3.05, 3.63) is 39.9 Å². The van der Waals surface area contributed by atoms with Crippen molar-refractivity contribution >= 4 is 28.1 Å². The number of nitrogens with two attached hydrogens (primary N) is 1. The number of amides is 1. The summed E-state index contributed by atoms with van der Waals surface area (Å²) in [4.78, 5) is 17.6. The summed E-state index contributed by atoms with van der Waals surface area (Å²) in [5.41, 5.74) is 5.55. The number of nitrogens with one attached hydrogen (secondary N) is 2. The first-order valence-electron chi connectivity index (χ1n) is 5.84. The molecule has 0 aliphatic carbocycles. The molecule has 0 aliphatic heterocycles. The second-order valence-corrected chi connectivity index (χ2v) is 5.51. The average Bonchev–Trinajstić information content (AvgIpc) is 2.68. The van der Waals surface area contributed by atoms with E-state index in [2.05, 4.69) is 15.7 Å². The minimum atomic E-state index is -0.217. The second kappa shape index (κ2) is 5.38. The van der Waals surface area contributed by atoms with Gasteiger partial charge in [-0.1, -0.05) is 11.6 Å². The van der Waals surface area contributed by atoms with Crippen molar-refractivity contribution in [3.63, 3.8) is 0 Å². The molecule has 0 atom stereocenters. The zero-order chi connectivity index (χ0) is 14.0. The molecule has 1 aromatic carbocycles. The van der Waals surface area contributed by atoms with Gasteiger partial charge in [-0.2, -0.15) is 0 Å². The van der Waals surface area contributed by atoms with Crippen LogP contribution in [0.25, 0.3) is 0 Å². The number of aromatic nitrogens is 1. The number of carbonyl (C=O) groups is 1. The van der Waals surface area contributed by atoms with Crippen LogP contribution in [0.5, 0.6) is 0 Å². The maximum atomic E-state index is 12.2. The van der Waals surface area contributed by atoms with Crippen LogP contribution in [-0.2, 0) is 0 Å². The largest absolute Gasteiger partial charge is 0.323 e. The monoisotopic (exact) mass is 276 g/mol. The molecule has 5 nitrogen and oxygen atoms in total. The van der Waals surface area contributed by atoms with Crippen molar-refractivity contribution in [2.24, 2.45) is 5.84 Å². The molecule has 6 heteroatoms. The third-order valence-electron chi connectivity index (χ3n) is 2.82. The first kappa shape index (κ1) is 13.5. The third kappa shape index (κ3) is 2.91. The number of benzene rings is 1. The molecule has 1 heterocycles. The average molecular weight is 276 g/mol. The number of nitrogen functional groups attached to an aromatic ring is 1. The highest BCUT2D eigenvalue weighted by atomic mass is 32.1. The van der Waals surface area contributed by atoms with Crippen molar-refractivity contribution in [2.75, 3.05) is 10.7 Å². The fourth-order valence-electron chi connectivity index (χ4n) is 1.66. The zero-order valence-corrected chi connectivity index (χ0v) is 11.9. The van der Waals surface area contributed by atoms with Crippen molar-refractivity contribution in [2.45, 2.75) is 20.8 Å². The molecule has 0 spiro atoms. The van der Waals surface area contributed by atoms with Crippen LogP contribution >= 0.6 is 11.3 Å². The number of hydrogen-bond acceptors (Lipinski definition) is 5. The molecule has 0 fully saturated rings. The Morgan fingerprint density at radius 3 is 2.63 bits per heavy atom. The predicted molar refractivity (Wildman–Crippen MR) is 78.5 cm³/mol. The van der Waals surface area contributed by atoms with Gasteiger partial charge in [0.15, 0.2) is 5.13 Å². The summed E-state index contributed by atoms with van der Waals surface area (Å²) in [6, 6.07) is 5.46. The number of hydrogen-bond donors (Lipinski definition) is 3. The van der Waals surface area contributed by atoms with Gasteiger partial charge >= 0.3 is 0 Å². The van der Waals surface area contributed by atoms with Crippen molar-refractivity contribution in [1.29, 1.82) is 0 Å². The molecule has 1 amide bonds. The summed E-state index contributed by atoms with van der Waals surface area (Å²) < 4.78 is 0. The highest BCUT2D eigenvalue weighted by molar-refractivity contribution is 7.15. The first-order valence-corrected chi connectivity index (χ1v) is 6.65. The lowest BCUT2D eigenvalue weighted by Gasteiger charge is -2.09. The van der Waals surface area contributed by atoms with E-state index in [1.165, 1.54) is 11.3 Å². The molecule has 100 valence electrons. The number of nitrogens with zero attached hydrogens (tertiary/aromatic N) is 1. The SMILES string of the molecule is Cc1ccc(NN)c(C(=O)Nc2nc(C)c(C)s2)c1. The predicted octanol–water partition coefficient (Wildman–Crippen LogP) is 2.61. The Balaban J connectivity index is 2.27. The van der Waals surface area contributed by atoms with Gasteiger partial charge in [0.2, 0.25) is 0 Å². The van der Waals surface area contributed by atoms with Crippen LogP contribution in [0.15, 0.2) is 18.2 Å². The summed E-state index contributed by atoms with van der Waals surface area (Å²) in [5.74, 6) is 5.20. The topological polar surface area (TPSA) is 80.0 Å². The molecular formula is C13H16N4OS. The van der Waals surface area contributed by atoms with Gasteiger partial charge in [-0.3, -0.25) is 16.0 Å². The number of rotatable bonds is 3. The van der Waals surface area contributed by atoms with Crippen molar-refractivity contribution < 1.29 is 4.79 Å². The molecule has 0 bridgehead atoms. The van der Waals surface area contributed by atoms with Crippen LogP contribution in [0.4, 0.5) is 10.8 Å². The van der Waals surface area contributed by atoms with E-state index < -0.39 is 0 Å². The van der Waals surface area contributed by atoms with E-state index in [4.69, 9.17) is 5.84 Å². The standard InChI is InChI=1S/C13H16N4OS/c1-7-4-5-11(17-14)10(6-7)12(18)16-13-15-8(2)9(3)19-13/h4-6,17H,14H2,1-3H3,(H,15,16,18). The molecule has 2 rings (SSSR count). The van der Waals surface area contributed by atoms with Gasteiger partial charge in [-0.25, -0.2) is 4.98 Å². The normalized spacial score (nSPS) is 10.3. The van der Waals surface area contributed by atoms with Crippen molar-refractivity contribution in [3.8, 4) is 0 Å². The lowest BCUT2D eigenvalue weighted by molar-refractivity contribution is 0.102. The Hall–Kier alpha value is -1.92. The molecule has 0 saturated carbocycles. The Morgan fingerprint density at radius 1 is 1.32 bits per heavy atom. The van der Waals surface area contributed by atoms with Crippen LogP contribution in [0.2, 0.25) is 0 Å². The van der Waals surface area contributed by atoms with Gasteiger partial charge in [-0.05, 0) is 32.9 Å². The molecule has 19 heavy (non-hydrogen) atoms. The summed E-state index contributed by atoms with van der Waals surface area (Å²) in [5, 5.41) is 3.40. The highest BCUT2D eigenvalue weighted by Crippen LogP contribution is 2.23. The van der Waals surface area contributed by atoms with E-state index in [0.717, 1.165) is 16.1 Å². The van der Waals surface area contributed by atoms with Gasteiger partial charge in [-0.15, -0.1) is 11.3 Å². The summed E-state index contributed by atoms with van der Waals surface area (Å²) in [7, 11) is 0. The van der Waals surface area contributed by atoms with Gasteiger partial charge in [0.1, 0.15) is 0 Å². The maximum absolute atomic E-state index is 12.2. The molecular weight excluding hydrogens is 260 g/mol. The highest BCUT2D eigenvalue weighted by Gasteiger charge is 2.13. The molecule has 0 saturated heterocycles. The molecule has 0 radical (unpaired) electrons. The van der Waals surface area contributed by atoms with Crippen LogP contribution in [-0.4, -0.2) is 10.9 Å². The van der Waals surface area contributed by atoms with Gasteiger partial charge in [0, 0.05) is 4.88 Å². The van der Waals surface area contributed by atoms with Crippen molar-refractivity contribution in [1.82, 2.24) is 4.98 Å². The van der Waals surface area contributed by atoms with Crippen LogP contribution in [0.3, 0.4) is 0 Å². The summed E-state index contributed by atoms with van der Waals surface area (Å²) in [6.45, 7) is 5.82. The lowest BCUT2D eigenvalue weighted by atomic mass is 10.1. The molecule has 2 aromatic rings. The molecule has 0 unspecified atom stereocenters. The fourth-order valence-corrected chi connectivity index (χ4v) is 2.47. The summed E-state index contributed by atoms with van der Waals surface area (Å²) >= 11 is 1.46. The van der Waals surface area contributed by atoms with E-state index in [0.29, 0.717) is 16.4 Å². The zero-order valence-electron chi connectivity index (χ0n) is 11.1. The van der Waals surface area contributed by atoms with Crippen LogP contribution in [0.1, 0.15) is 26.5 Å². The van der Waals surface area contributed by atoms with Gasteiger partial charge < -0.3 is 5.43 Å². The number of anilines is 2. The molecule has 4 N–H and O–H groups in total. The van der Waals surface area contributed by atoms with E-state index >= 15 is 0 Å². The summed E-state index contributed by atoms with van der Waals surface area (Å²) in [6.07, 6.45) is 0. The van der Waals surface area contributed by atoms with Gasteiger partial charge in [0.05, 0.1) is 16.9 Å². The van der Waals surface area contributed by atoms with E-state index in [1.807, 2.05) is 26.8 Å². The number of carbonyl (C=O) groups excluding carboxylic acids is 1. The molecule has 1 aromatic heterocycles. The first-order chi connectivity index (χ1) is 9.01. The lowest BCUT2D eigenvalue weighted by Crippen LogP contribution is -2.17. The van der Waals surface area contributed by atoms with Gasteiger partial charge in [0.25, 0.3) is 5.91 Å². The number of aryl methyl sites for hydroxylation is 3. The third-order valence-corrected chi connectivity index (χ3v) is 3.81. The Bertz CT molecular complexity index is 602. The number of hydrazine groups is 1. The Labute approximate surface area is 115 Å². The number of thiazole rings is 1. The fraction of sp³-hybridized carbons (Fsp3) is 0.231. The minimum absolute atomic E-state index is 0.217. The molecule has 0 aliphatic rings. The van der Waals surface area contributed by atoms with E-state index in [1.54, 1.807) is 12.1 Å². The van der Waals surface area contributed by atoms with E-state index in [9.17, 15) is 4.79 Å². The van der Waals surface area contributed by atoms with Crippen LogP contribution in [0, 0.1) is 20.8 Å². The van der Waals surface area contributed by atoms with Crippen LogP contribution < -0.4 is 16.6 Å². The Kier molecular flexibility index (Phi) is 3.82. The Morgan fingerprint density at radius 2 is 2.05 bits per heavy atom. The maximum Gasteiger partial charge on any atom is 0.259 e. The quantitative estimate of drug-likeness (QED) is 0.594. The minimum Gasteiger partial charge on any atom is -0.323 e. The van der Waals surface area contributed by atoms with E-state index in [-0.39, 0.29) is 5.91 Å².